The van der Waals surface area contributed by atoms with Gasteiger partial charge in [0.2, 0.25) is 23.5 Å². The Hall–Kier alpha value is -5.33. The molecule has 2 N–H and O–H groups in total. The Bertz CT molecular complexity index is 1660. The number of benzene rings is 2. The van der Waals surface area contributed by atoms with Crippen molar-refractivity contribution in [3.8, 4) is 28.6 Å². The van der Waals surface area contributed by atoms with Gasteiger partial charge in [-0.3, -0.25) is 19.4 Å². The van der Waals surface area contributed by atoms with Crippen LogP contribution in [-0.4, -0.2) is 64.5 Å². The largest absolute Gasteiger partial charge is 0.493 e. The molecule has 0 atom stereocenters. The number of halogens is 1. The average Bonchev–Trinajstić information content (AvgIpc) is 3.54. The van der Waals surface area contributed by atoms with Gasteiger partial charge in [0.15, 0.2) is 11.5 Å². The Kier molecular flexibility index (Phi) is 10.9. The summed E-state index contributed by atoms with van der Waals surface area (Å²) in [5.41, 5.74) is 1.26. The highest BCUT2D eigenvalue weighted by Gasteiger charge is 2.19. The molecule has 0 unspecified atom stereocenters. The summed E-state index contributed by atoms with van der Waals surface area (Å²) in [6.45, 7) is 0.972. The predicted octanol–water partition coefficient (Wildman–Crippen LogP) is 4.45. The molecule has 2 aliphatic rings. The van der Waals surface area contributed by atoms with Crippen molar-refractivity contribution in [3.05, 3.63) is 83.8 Å². The van der Waals surface area contributed by atoms with Gasteiger partial charge in [0.1, 0.15) is 11.6 Å². The number of methoxy groups -OCH3 is 1. The van der Waals surface area contributed by atoms with Gasteiger partial charge in [0.25, 0.3) is 5.91 Å². The zero-order valence-electron chi connectivity index (χ0n) is 25.5. The van der Waals surface area contributed by atoms with Crippen LogP contribution in [0.5, 0.6) is 17.2 Å². The van der Waals surface area contributed by atoms with E-state index in [2.05, 4.69) is 25.8 Å². The van der Waals surface area contributed by atoms with Gasteiger partial charge in [-0.2, -0.15) is 4.98 Å². The van der Waals surface area contributed by atoms with Crippen LogP contribution in [0.15, 0.2) is 65.4 Å². The minimum atomic E-state index is -0.538. The van der Waals surface area contributed by atoms with Crippen LogP contribution < -0.4 is 20.1 Å². The summed E-state index contributed by atoms with van der Waals surface area (Å²) in [6.07, 6.45) is 5.52. The fraction of sp³-hybridized carbons (Fsp3) is 0.333. The molecular weight excluding hydrogens is 595 g/mol. The highest BCUT2D eigenvalue weighted by atomic mass is 19.1. The van der Waals surface area contributed by atoms with Gasteiger partial charge in [-0.05, 0) is 61.7 Å². The van der Waals surface area contributed by atoms with Crippen molar-refractivity contribution in [2.45, 2.75) is 45.1 Å². The van der Waals surface area contributed by atoms with Crippen molar-refractivity contribution in [2.75, 3.05) is 26.7 Å². The Balaban J connectivity index is 1.24. The third-order valence-electron chi connectivity index (χ3n) is 7.43. The Labute approximate surface area is 265 Å². The smallest absolute Gasteiger partial charge is 0.251 e. The number of rotatable bonds is 6. The van der Waals surface area contributed by atoms with Crippen LogP contribution in [0.2, 0.25) is 0 Å². The van der Waals surface area contributed by atoms with Crippen molar-refractivity contribution in [1.29, 1.82) is 0 Å². The van der Waals surface area contributed by atoms with E-state index in [0.717, 1.165) is 5.56 Å². The van der Waals surface area contributed by atoms with Crippen LogP contribution in [0.1, 0.15) is 53.9 Å². The van der Waals surface area contributed by atoms with Gasteiger partial charge >= 0.3 is 0 Å². The molecule has 2 bridgehead atoms. The number of fused-ring (bicyclic) bond motifs is 13. The number of hydrogen-bond donors (Lipinski definition) is 2. The number of aryl methyl sites for hydroxylation is 1. The number of aromatic nitrogens is 3. The highest BCUT2D eigenvalue weighted by molar-refractivity contribution is 5.94. The van der Waals surface area contributed by atoms with Crippen LogP contribution in [0.25, 0.3) is 11.4 Å². The summed E-state index contributed by atoms with van der Waals surface area (Å²) in [6, 6.07) is 12.7. The van der Waals surface area contributed by atoms with E-state index in [9.17, 15) is 18.8 Å². The number of ether oxygens (including phenoxy) is 2. The van der Waals surface area contributed by atoms with Gasteiger partial charge in [0.05, 0.1) is 7.11 Å². The van der Waals surface area contributed by atoms with Gasteiger partial charge in [0, 0.05) is 74.5 Å². The van der Waals surface area contributed by atoms with Crippen molar-refractivity contribution < 1.29 is 32.8 Å². The SMILES string of the molecule is COc1cc2ccc1Oc1cccc(F)c1CNC(=O)CCCN(C(=O)CCCc1nc(-c3cccnc3)no1)CCCNC2=O. The van der Waals surface area contributed by atoms with Gasteiger partial charge < -0.3 is 29.5 Å². The molecule has 0 radical (unpaired) electrons. The number of carbonyl (C=O) groups is 3. The van der Waals surface area contributed by atoms with Crippen LogP contribution in [0.4, 0.5) is 4.39 Å². The number of carbonyl (C=O) groups excluding carboxylic acids is 3. The molecule has 2 aromatic heterocycles. The van der Waals surface area contributed by atoms with E-state index in [-0.39, 0.29) is 59.9 Å². The molecule has 0 fully saturated rings. The van der Waals surface area contributed by atoms with Gasteiger partial charge in [-0.25, -0.2) is 4.39 Å². The molecule has 0 saturated heterocycles. The van der Waals surface area contributed by atoms with Crippen molar-refractivity contribution >= 4 is 17.7 Å². The molecule has 6 rings (SSSR count). The van der Waals surface area contributed by atoms with Crippen molar-refractivity contribution in [1.82, 2.24) is 30.7 Å². The number of hydrogen-bond acceptors (Lipinski definition) is 9. The maximum atomic E-state index is 14.8. The molecule has 0 spiro atoms. The molecule has 3 amide bonds. The zero-order chi connectivity index (χ0) is 32.3. The van der Waals surface area contributed by atoms with E-state index in [4.69, 9.17) is 14.0 Å². The van der Waals surface area contributed by atoms with E-state index >= 15 is 0 Å². The monoisotopic (exact) mass is 630 g/mol. The van der Waals surface area contributed by atoms with Crippen LogP contribution >= 0.6 is 0 Å². The Morgan fingerprint density at radius 3 is 2.74 bits per heavy atom. The third kappa shape index (κ3) is 8.43. The quantitative estimate of drug-likeness (QED) is 0.315. The van der Waals surface area contributed by atoms with E-state index in [1.54, 1.807) is 47.6 Å². The number of nitrogens with zero attached hydrogens (tertiary/aromatic N) is 4. The predicted molar refractivity (Wildman–Crippen MR) is 165 cm³/mol. The van der Waals surface area contributed by atoms with E-state index < -0.39 is 5.82 Å². The summed E-state index contributed by atoms with van der Waals surface area (Å²) in [7, 11) is 1.44. The second-order valence-electron chi connectivity index (χ2n) is 10.7. The lowest BCUT2D eigenvalue weighted by atomic mass is 10.1. The molecule has 240 valence electrons. The maximum absolute atomic E-state index is 14.8. The lowest BCUT2D eigenvalue weighted by Gasteiger charge is -2.23. The summed E-state index contributed by atoms with van der Waals surface area (Å²) >= 11 is 0. The minimum Gasteiger partial charge on any atom is -0.493 e. The van der Waals surface area contributed by atoms with E-state index in [0.29, 0.717) is 62.6 Å². The average molecular weight is 631 g/mol. The Morgan fingerprint density at radius 1 is 1.04 bits per heavy atom. The van der Waals surface area contributed by atoms with Crippen molar-refractivity contribution in [2.24, 2.45) is 0 Å². The first kappa shape index (κ1) is 32.1. The van der Waals surface area contributed by atoms with Gasteiger partial charge in [-0.15, -0.1) is 0 Å². The summed E-state index contributed by atoms with van der Waals surface area (Å²) in [5.74, 6) is 0.428. The molecule has 12 nitrogen and oxygen atoms in total. The third-order valence-corrected chi connectivity index (χ3v) is 7.43. The molecule has 4 heterocycles. The van der Waals surface area contributed by atoms with E-state index in [1.165, 1.54) is 19.2 Å². The lowest BCUT2D eigenvalue weighted by molar-refractivity contribution is -0.132. The first-order chi connectivity index (χ1) is 22.4. The summed E-state index contributed by atoms with van der Waals surface area (Å²) in [4.78, 5) is 49.0. The molecule has 46 heavy (non-hydrogen) atoms. The molecule has 13 heteroatoms. The molecule has 0 aliphatic carbocycles. The maximum Gasteiger partial charge on any atom is 0.251 e. The Morgan fingerprint density at radius 2 is 1.91 bits per heavy atom. The standard InChI is InChI=1S/C33H35FN6O6/c1-44-28-19-22-13-14-27(28)45-26-9-2-8-25(34)24(26)21-37-29(41)10-5-17-40(18-6-16-36-33(22)43)31(42)12-3-11-30-38-32(39-46-30)23-7-4-15-35-20-23/h2,4,7-9,13-15,19-20H,3,5-6,10-12,16-18,21H2,1H3,(H,36,43)(H,37,41). The molecule has 4 aromatic rings. The summed E-state index contributed by atoms with van der Waals surface area (Å²) < 4.78 is 31.6. The number of amides is 3. The minimum absolute atomic E-state index is 0.0851. The van der Waals surface area contributed by atoms with Crippen LogP contribution in [-0.2, 0) is 22.6 Å². The molecule has 2 aliphatic heterocycles. The zero-order valence-corrected chi connectivity index (χ0v) is 25.5. The fourth-order valence-electron chi connectivity index (χ4n) is 4.98. The van der Waals surface area contributed by atoms with Crippen LogP contribution in [0, 0.1) is 5.82 Å². The highest BCUT2D eigenvalue weighted by Crippen LogP contribution is 2.34. The lowest BCUT2D eigenvalue weighted by Crippen LogP contribution is -2.35. The van der Waals surface area contributed by atoms with E-state index in [1.807, 2.05) is 6.07 Å². The molecular formula is C33H35FN6O6. The van der Waals surface area contributed by atoms with Crippen LogP contribution in [0.3, 0.4) is 0 Å². The molecule has 0 saturated carbocycles. The topological polar surface area (TPSA) is 149 Å². The molecule has 2 aromatic carbocycles. The number of nitrogens with one attached hydrogen (secondary N) is 2. The van der Waals surface area contributed by atoms with Gasteiger partial charge in [-0.1, -0.05) is 11.2 Å². The normalized spacial score (nSPS) is 14.6. The summed E-state index contributed by atoms with van der Waals surface area (Å²) in [5, 5.41) is 9.62. The first-order valence-corrected chi connectivity index (χ1v) is 15.1. The number of pyridine rings is 1. The second kappa shape index (κ2) is 15.6. The first-order valence-electron chi connectivity index (χ1n) is 15.1. The fourth-order valence-corrected chi connectivity index (χ4v) is 4.98. The van der Waals surface area contributed by atoms with Crippen molar-refractivity contribution in [3.63, 3.8) is 0 Å². The second-order valence-corrected chi connectivity index (χ2v) is 10.7.